The Hall–Kier alpha value is -2.14. The molecule has 20 heavy (non-hydrogen) atoms. The number of nitrogens with zero attached hydrogens (tertiary/aromatic N) is 1. The molecular weight excluding hydrogens is 252 g/mol. The van der Waals surface area contributed by atoms with E-state index in [1.807, 2.05) is 30.5 Å². The third-order valence-electron chi connectivity index (χ3n) is 3.65. The second-order valence-corrected chi connectivity index (χ2v) is 5.10. The first kappa shape index (κ1) is 12.9. The van der Waals surface area contributed by atoms with Gasteiger partial charge in [0.25, 0.3) is 0 Å². The van der Waals surface area contributed by atoms with Gasteiger partial charge in [-0.05, 0) is 37.1 Å². The maximum atomic E-state index is 12.1. The van der Waals surface area contributed by atoms with Crippen molar-refractivity contribution in [2.75, 3.05) is 18.4 Å². The lowest BCUT2D eigenvalue weighted by Gasteiger charge is -2.21. The molecule has 104 valence electrons. The van der Waals surface area contributed by atoms with Crippen LogP contribution in [-0.4, -0.2) is 29.2 Å². The number of benzene rings is 1. The quantitative estimate of drug-likeness (QED) is 0.799. The molecule has 0 spiro atoms. The summed E-state index contributed by atoms with van der Waals surface area (Å²) in [5.41, 5.74) is 2.96. The molecule has 5 nitrogen and oxygen atoms in total. The number of piperidine rings is 1. The summed E-state index contributed by atoms with van der Waals surface area (Å²) in [5, 5.41) is 13.0. The van der Waals surface area contributed by atoms with E-state index in [-0.39, 0.29) is 11.8 Å². The third-order valence-corrected chi connectivity index (χ3v) is 3.65. The minimum atomic E-state index is 0.0808. The summed E-state index contributed by atoms with van der Waals surface area (Å²) < 4.78 is 0. The highest BCUT2D eigenvalue weighted by molar-refractivity contribution is 5.93. The van der Waals surface area contributed by atoms with Crippen LogP contribution in [0.2, 0.25) is 0 Å². The number of hydrogen-bond acceptors (Lipinski definition) is 3. The van der Waals surface area contributed by atoms with Gasteiger partial charge < -0.3 is 10.6 Å². The SMILES string of the molecule is O=C(Nc1ccc(-c2cn[nH]c2)cc1)C1CCCNC1. The van der Waals surface area contributed by atoms with Gasteiger partial charge in [-0.2, -0.15) is 5.10 Å². The molecule has 2 heterocycles. The molecule has 0 bridgehead atoms. The molecule has 0 saturated carbocycles. The number of anilines is 1. The Morgan fingerprint density at radius 1 is 1.25 bits per heavy atom. The van der Waals surface area contributed by atoms with Crippen molar-refractivity contribution in [1.29, 1.82) is 0 Å². The summed E-state index contributed by atoms with van der Waals surface area (Å²) in [7, 11) is 0. The van der Waals surface area contributed by atoms with Crippen LogP contribution in [0.4, 0.5) is 5.69 Å². The van der Waals surface area contributed by atoms with Crippen LogP contribution in [0.3, 0.4) is 0 Å². The van der Waals surface area contributed by atoms with Gasteiger partial charge in [-0.25, -0.2) is 0 Å². The number of hydrogen-bond donors (Lipinski definition) is 3. The number of nitrogens with one attached hydrogen (secondary N) is 3. The summed E-state index contributed by atoms with van der Waals surface area (Å²) in [6, 6.07) is 7.83. The van der Waals surface area contributed by atoms with Gasteiger partial charge in [0.1, 0.15) is 0 Å². The Morgan fingerprint density at radius 2 is 2.10 bits per heavy atom. The number of aromatic amines is 1. The van der Waals surface area contributed by atoms with E-state index in [9.17, 15) is 4.79 Å². The molecule has 1 aromatic carbocycles. The fraction of sp³-hybridized carbons (Fsp3) is 0.333. The van der Waals surface area contributed by atoms with Crippen molar-refractivity contribution in [1.82, 2.24) is 15.5 Å². The Labute approximate surface area is 117 Å². The molecule has 1 unspecified atom stereocenters. The second-order valence-electron chi connectivity index (χ2n) is 5.10. The maximum absolute atomic E-state index is 12.1. The highest BCUT2D eigenvalue weighted by Crippen LogP contribution is 2.21. The first-order valence-corrected chi connectivity index (χ1v) is 6.94. The van der Waals surface area contributed by atoms with Gasteiger partial charge in [0.05, 0.1) is 12.1 Å². The largest absolute Gasteiger partial charge is 0.326 e. The molecule has 1 aliphatic rings. The summed E-state index contributed by atoms with van der Waals surface area (Å²) >= 11 is 0. The van der Waals surface area contributed by atoms with E-state index in [1.165, 1.54) is 0 Å². The first-order chi connectivity index (χ1) is 9.83. The molecular formula is C15H18N4O. The zero-order valence-corrected chi connectivity index (χ0v) is 11.2. The predicted molar refractivity (Wildman–Crippen MR) is 78.2 cm³/mol. The van der Waals surface area contributed by atoms with E-state index >= 15 is 0 Å². The van der Waals surface area contributed by atoms with Crippen molar-refractivity contribution in [3.05, 3.63) is 36.7 Å². The summed E-state index contributed by atoms with van der Waals surface area (Å²) in [6.07, 6.45) is 5.66. The molecule has 3 rings (SSSR count). The lowest BCUT2D eigenvalue weighted by Crippen LogP contribution is -2.37. The van der Waals surface area contributed by atoms with Crippen LogP contribution in [0, 0.1) is 5.92 Å². The van der Waals surface area contributed by atoms with Crippen molar-refractivity contribution >= 4 is 11.6 Å². The smallest absolute Gasteiger partial charge is 0.228 e. The van der Waals surface area contributed by atoms with Crippen LogP contribution >= 0.6 is 0 Å². The number of H-pyrrole nitrogens is 1. The van der Waals surface area contributed by atoms with Crippen molar-refractivity contribution < 1.29 is 4.79 Å². The molecule has 1 amide bonds. The monoisotopic (exact) mass is 270 g/mol. The fourth-order valence-corrected chi connectivity index (χ4v) is 2.47. The molecule has 1 aliphatic heterocycles. The Morgan fingerprint density at radius 3 is 2.75 bits per heavy atom. The first-order valence-electron chi connectivity index (χ1n) is 6.94. The van der Waals surface area contributed by atoms with Crippen molar-refractivity contribution in [2.24, 2.45) is 5.92 Å². The number of carbonyl (C=O) groups excluding carboxylic acids is 1. The Bertz CT molecular complexity index is 556. The molecule has 3 N–H and O–H groups in total. The molecule has 1 aromatic heterocycles. The van der Waals surface area contributed by atoms with Crippen LogP contribution in [0.5, 0.6) is 0 Å². The Balaban J connectivity index is 1.64. The number of rotatable bonds is 3. The standard InChI is InChI=1S/C15H18N4O/c20-15(12-2-1-7-16-8-12)19-14-5-3-11(4-6-14)13-9-17-18-10-13/h3-6,9-10,12,16H,1-2,7-8H2,(H,17,18)(H,19,20). The number of carbonyl (C=O) groups is 1. The fourth-order valence-electron chi connectivity index (χ4n) is 2.47. The number of aromatic nitrogens is 2. The molecule has 1 atom stereocenters. The molecule has 2 aromatic rings. The maximum Gasteiger partial charge on any atom is 0.228 e. The summed E-state index contributed by atoms with van der Waals surface area (Å²) in [6.45, 7) is 1.79. The van der Waals surface area contributed by atoms with Gasteiger partial charge in [-0.1, -0.05) is 12.1 Å². The minimum Gasteiger partial charge on any atom is -0.326 e. The molecule has 1 saturated heterocycles. The van der Waals surface area contributed by atoms with Crippen LogP contribution in [0.1, 0.15) is 12.8 Å². The van der Waals surface area contributed by atoms with Gasteiger partial charge in [0, 0.05) is 24.0 Å². The Kier molecular flexibility index (Phi) is 3.78. The van der Waals surface area contributed by atoms with Crippen LogP contribution < -0.4 is 10.6 Å². The normalized spacial score (nSPS) is 18.7. The topological polar surface area (TPSA) is 69.8 Å². The van der Waals surface area contributed by atoms with E-state index in [1.54, 1.807) is 6.20 Å². The van der Waals surface area contributed by atoms with Gasteiger partial charge >= 0.3 is 0 Å². The highest BCUT2D eigenvalue weighted by atomic mass is 16.1. The predicted octanol–water partition coefficient (Wildman–Crippen LogP) is 2.01. The van der Waals surface area contributed by atoms with Crippen LogP contribution in [0.15, 0.2) is 36.7 Å². The van der Waals surface area contributed by atoms with Gasteiger partial charge in [0.2, 0.25) is 5.91 Å². The van der Waals surface area contributed by atoms with Gasteiger partial charge in [-0.3, -0.25) is 9.89 Å². The van der Waals surface area contributed by atoms with E-state index in [2.05, 4.69) is 20.8 Å². The second kappa shape index (κ2) is 5.88. The lowest BCUT2D eigenvalue weighted by atomic mass is 9.98. The molecule has 0 aliphatic carbocycles. The molecule has 0 radical (unpaired) electrons. The van der Waals surface area contributed by atoms with E-state index < -0.39 is 0 Å². The van der Waals surface area contributed by atoms with E-state index in [0.717, 1.165) is 42.7 Å². The zero-order valence-electron chi connectivity index (χ0n) is 11.2. The van der Waals surface area contributed by atoms with Crippen LogP contribution in [0.25, 0.3) is 11.1 Å². The minimum absolute atomic E-state index is 0.0808. The molecule has 5 heteroatoms. The van der Waals surface area contributed by atoms with Crippen molar-refractivity contribution in [3.8, 4) is 11.1 Å². The summed E-state index contributed by atoms with van der Waals surface area (Å²) in [5.74, 6) is 0.186. The average molecular weight is 270 g/mol. The summed E-state index contributed by atoms with van der Waals surface area (Å²) in [4.78, 5) is 12.1. The van der Waals surface area contributed by atoms with Crippen LogP contribution in [-0.2, 0) is 4.79 Å². The van der Waals surface area contributed by atoms with Crippen molar-refractivity contribution in [2.45, 2.75) is 12.8 Å². The highest BCUT2D eigenvalue weighted by Gasteiger charge is 2.20. The van der Waals surface area contributed by atoms with Crippen molar-refractivity contribution in [3.63, 3.8) is 0 Å². The average Bonchev–Trinajstić information content (AvgIpc) is 3.03. The lowest BCUT2D eigenvalue weighted by molar-refractivity contribution is -0.120. The van der Waals surface area contributed by atoms with E-state index in [4.69, 9.17) is 0 Å². The third kappa shape index (κ3) is 2.88. The number of amides is 1. The zero-order chi connectivity index (χ0) is 13.8. The van der Waals surface area contributed by atoms with Gasteiger partial charge in [-0.15, -0.1) is 0 Å². The van der Waals surface area contributed by atoms with E-state index in [0.29, 0.717) is 0 Å². The molecule has 1 fully saturated rings. The van der Waals surface area contributed by atoms with Gasteiger partial charge in [0.15, 0.2) is 0 Å².